The van der Waals surface area contributed by atoms with Gasteiger partial charge >= 0.3 is 5.97 Å². The Morgan fingerprint density at radius 3 is 2.06 bits per heavy atom. The zero-order valence-corrected chi connectivity index (χ0v) is 10.4. The molecule has 1 heterocycles. The average molecular weight is 251 g/mol. The smallest absolute Gasteiger partial charge is 0.330 e. The topological polar surface area (TPSA) is 74.7 Å². The van der Waals surface area contributed by atoms with Crippen LogP contribution in [0.5, 0.6) is 0 Å². The van der Waals surface area contributed by atoms with Gasteiger partial charge in [-0.2, -0.15) is 0 Å². The number of aliphatic carboxylic acids is 1. The van der Waals surface area contributed by atoms with Crippen LogP contribution in [0.2, 0.25) is 0 Å². The van der Waals surface area contributed by atoms with Crippen molar-refractivity contribution >= 4 is 17.8 Å². The second-order valence-electron chi connectivity index (χ2n) is 5.99. The van der Waals surface area contributed by atoms with E-state index in [9.17, 15) is 19.5 Å². The molecule has 2 atom stereocenters. The summed E-state index contributed by atoms with van der Waals surface area (Å²) >= 11 is 0. The van der Waals surface area contributed by atoms with Gasteiger partial charge in [0, 0.05) is 0 Å². The van der Waals surface area contributed by atoms with Crippen LogP contribution >= 0.6 is 0 Å². The molecule has 0 aromatic rings. The van der Waals surface area contributed by atoms with Gasteiger partial charge in [0.1, 0.15) is 5.54 Å². The Morgan fingerprint density at radius 1 is 1.22 bits per heavy atom. The van der Waals surface area contributed by atoms with Crippen LogP contribution in [-0.2, 0) is 14.4 Å². The second-order valence-corrected chi connectivity index (χ2v) is 5.99. The Morgan fingerprint density at radius 2 is 1.72 bits per heavy atom. The Balaban J connectivity index is 1.94. The number of likely N-dealkylation sites (tertiary alicyclic amines) is 1. The molecule has 3 fully saturated rings. The molecule has 2 saturated carbocycles. The van der Waals surface area contributed by atoms with Gasteiger partial charge in [-0.3, -0.25) is 14.5 Å². The Labute approximate surface area is 105 Å². The average Bonchev–Trinajstić information content (AvgIpc) is 2.70. The zero-order chi connectivity index (χ0) is 13.1. The normalized spacial score (nSPS) is 37.6. The first kappa shape index (κ1) is 11.7. The van der Waals surface area contributed by atoms with Crippen LogP contribution in [0.1, 0.15) is 39.0 Å². The summed E-state index contributed by atoms with van der Waals surface area (Å²) in [5.41, 5.74) is -1.22. The molecule has 1 saturated heterocycles. The molecule has 5 heteroatoms. The van der Waals surface area contributed by atoms with Gasteiger partial charge in [0.2, 0.25) is 11.8 Å². The number of carbonyl (C=O) groups excluding carboxylic acids is 2. The third-order valence-corrected chi connectivity index (χ3v) is 4.88. The van der Waals surface area contributed by atoms with Crippen LogP contribution in [0.4, 0.5) is 0 Å². The highest BCUT2D eigenvalue weighted by atomic mass is 16.4. The summed E-state index contributed by atoms with van der Waals surface area (Å²) in [4.78, 5) is 37.2. The van der Waals surface area contributed by atoms with Crippen molar-refractivity contribution in [1.29, 1.82) is 0 Å². The van der Waals surface area contributed by atoms with E-state index in [1.165, 1.54) is 0 Å². The number of hydrogen-bond acceptors (Lipinski definition) is 3. The molecule has 3 aliphatic rings. The first-order chi connectivity index (χ1) is 8.47. The van der Waals surface area contributed by atoms with E-state index in [-0.39, 0.29) is 23.7 Å². The Bertz CT molecular complexity index is 416. The molecule has 2 aliphatic carbocycles. The minimum Gasteiger partial charge on any atom is -0.479 e. The molecule has 2 amide bonds. The summed E-state index contributed by atoms with van der Waals surface area (Å²) < 4.78 is 0. The van der Waals surface area contributed by atoms with E-state index in [0.29, 0.717) is 18.8 Å². The van der Waals surface area contributed by atoms with Gasteiger partial charge in [-0.05, 0) is 38.0 Å². The fourth-order valence-electron chi connectivity index (χ4n) is 3.74. The number of nitrogens with zero attached hydrogens (tertiary/aromatic N) is 1. The lowest BCUT2D eigenvalue weighted by Crippen LogP contribution is -2.61. The largest absolute Gasteiger partial charge is 0.479 e. The van der Waals surface area contributed by atoms with Gasteiger partial charge in [0.15, 0.2) is 0 Å². The van der Waals surface area contributed by atoms with E-state index in [2.05, 4.69) is 0 Å². The lowest BCUT2D eigenvalue weighted by Gasteiger charge is -2.44. The number of carbonyl (C=O) groups is 3. The van der Waals surface area contributed by atoms with Gasteiger partial charge in [0.05, 0.1) is 11.8 Å². The maximum atomic E-state index is 12.3. The standard InChI is InChI=1S/C13H17NO4/c1-7-5-8-9(6-7)11(16)14(10(8)15)13(12(17)18)3-2-4-13/h7-9H,2-6H2,1H3,(H,17,18). The highest BCUT2D eigenvalue weighted by Crippen LogP contribution is 2.49. The third kappa shape index (κ3) is 1.25. The number of imide groups is 1. The monoisotopic (exact) mass is 251 g/mol. The first-order valence-corrected chi connectivity index (χ1v) is 6.58. The highest BCUT2D eigenvalue weighted by molar-refractivity contribution is 6.09. The molecule has 18 heavy (non-hydrogen) atoms. The number of carboxylic acid groups (broad SMARTS) is 1. The van der Waals surface area contributed by atoms with Gasteiger partial charge in [-0.15, -0.1) is 0 Å². The van der Waals surface area contributed by atoms with E-state index in [1.54, 1.807) is 0 Å². The van der Waals surface area contributed by atoms with Gasteiger partial charge < -0.3 is 5.11 Å². The molecule has 5 nitrogen and oxygen atoms in total. The van der Waals surface area contributed by atoms with Crippen LogP contribution in [0, 0.1) is 17.8 Å². The van der Waals surface area contributed by atoms with E-state index < -0.39 is 11.5 Å². The molecule has 1 aliphatic heterocycles. The molecular weight excluding hydrogens is 234 g/mol. The Hall–Kier alpha value is -1.39. The van der Waals surface area contributed by atoms with Crippen LogP contribution in [-0.4, -0.2) is 33.3 Å². The van der Waals surface area contributed by atoms with Crippen LogP contribution in [0.3, 0.4) is 0 Å². The summed E-state index contributed by atoms with van der Waals surface area (Å²) in [6.07, 6.45) is 3.04. The van der Waals surface area contributed by atoms with E-state index in [0.717, 1.165) is 24.2 Å². The molecule has 0 aromatic heterocycles. The fourth-order valence-corrected chi connectivity index (χ4v) is 3.74. The summed E-state index contributed by atoms with van der Waals surface area (Å²) in [5.74, 6) is -1.64. The predicted molar refractivity (Wildman–Crippen MR) is 61.4 cm³/mol. The molecule has 98 valence electrons. The summed E-state index contributed by atoms with van der Waals surface area (Å²) in [5, 5.41) is 9.35. The number of amides is 2. The molecular formula is C13H17NO4. The highest BCUT2D eigenvalue weighted by Gasteiger charge is 2.62. The van der Waals surface area contributed by atoms with Crippen molar-refractivity contribution < 1.29 is 19.5 Å². The predicted octanol–water partition coefficient (Wildman–Crippen LogP) is 1.02. The van der Waals surface area contributed by atoms with Crippen molar-refractivity contribution in [1.82, 2.24) is 4.90 Å². The van der Waals surface area contributed by atoms with Gasteiger partial charge in [-0.25, -0.2) is 4.79 Å². The fraction of sp³-hybridized carbons (Fsp3) is 0.769. The van der Waals surface area contributed by atoms with E-state index in [1.807, 2.05) is 6.92 Å². The van der Waals surface area contributed by atoms with Crippen molar-refractivity contribution in [2.24, 2.45) is 17.8 Å². The summed E-state index contributed by atoms with van der Waals surface area (Å²) in [6, 6.07) is 0. The minimum absolute atomic E-state index is 0.239. The Kier molecular flexibility index (Phi) is 2.31. The molecule has 0 bridgehead atoms. The second kappa shape index (κ2) is 3.56. The minimum atomic E-state index is -1.22. The maximum Gasteiger partial charge on any atom is 0.330 e. The number of fused-ring (bicyclic) bond motifs is 1. The maximum absolute atomic E-state index is 12.3. The van der Waals surface area contributed by atoms with Crippen molar-refractivity contribution in [3.05, 3.63) is 0 Å². The van der Waals surface area contributed by atoms with Crippen LogP contribution in [0.15, 0.2) is 0 Å². The lowest BCUT2D eigenvalue weighted by atomic mass is 9.75. The quantitative estimate of drug-likeness (QED) is 0.744. The summed E-state index contributed by atoms with van der Waals surface area (Å²) in [7, 11) is 0. The van der Waals surface area contributed by atoms with Crippen molar-refractivity contribution in [2.45, 2.75) is 44.6 Å². The number of carboxylic acids is 1. The molecule has 2 unspecified atom stereocenters. The van der Waals surface area contributed by atoms with Crippen molar-refractivity contribution in [2.75, 3.05) is 0 Å². The third-order valence-electron chi connectivity index (χ3n) is 4.88. The van der Waals surface area contributed by atoms with Gasteiger partial charge in [0.25, 0.3) is 0 Å². The van der Waals surface area contributed by atoms with Crippen molar-refractivity contribution in [3.8, 4) is 0 Å². The molecule has 1 N–H and O–H groups in total. The SMILES string of the molecule is CC1CC2C(=O)N(C3(C(=O)O)CCC3)C(=O)C2C1. The molecule has 0 aromatic carbocycles. The van der Waals surface area contributed by atoms with E-state index in [4.69, 9.17) is 0 Å². The zero-order valence-electron chi connectivity index (χ0n) is 10.4. The van der Waals surface area contributed by atoms with Gasteiger partial charge in [-0.1, -0.05) is 6.92 Å². The molecule has 0 spiro atoms. The number of hydrogen-bond donors (Lipinski definition) is 1. The van der Waals surface area contributed by atoms with Crippen molar-refractivity contribution in [3.63, 3.8) is 0 Å². The summed E-state index contributed by atoms with van der Waals surface area (Å²) in [6.45, 7) is 2.04. The van der Waals surface area contributed by atoms with Crippen LogP contribution < -0.4 is 0 Å². The van der Waals surface area contributed by atoms with Crippen LogP contribution in [0.25, 0.3) is 0 Å². The van der Waals surface area contributed by atoms with E-state index >= 15 is 0 Å². The molecule has 0 radical (unpaired) electrons. The molecule has 3 rings (SSSR count). The lowest BCUT2D eigenvalue weighted by molar-refractivity contribution is -0.170. The number of rotatable bonds is 2. The first-order valence-electron chi connectivity index (χ1n) is 6.58.